The van der Waals surface area contributed by atoms with Gasteiger partial charge in [-0.15, -0.1) is 0 Å². The Morgan fingerprint density at radius 2 is 1.76 bits per heavy atom. The Morgan fingerprint density at radius 1 is 1.10 bits per heavy atom. The summed E-state index contributed by atoms with van der Waals surface area (Å²) in [6, 6.07) is 8.57. The van der Waals surface area contributed by atoms with Crippen molar-refractivity contribution in [3.8, 4) is 6.07 Å². The van der Waals surface area contributed by atoms with Gasteiger partial charge in [0.2, 0.25) is 0 Å². The van der Waals surface area contributed by atoms with Crippen molar-refractivity contribution in [3.05, 3.63) is 62.0 Å². The Hall–Kier alpha value is -3.16. The normalized spacial score (nSPS) is 17.5. The number of anilines is 2. The van der Waals surface area contributed by atoms with Crippen LogP contribution in [0.3, 0.4) is 0 Å². The molecular weight excluding hydrogens is 558 g/mol. The zero-order valence-electron chi connectivity index (χ0n) is 24.3. The zero-order chi connectivity index (χ0) is 29.7. The van der Waals surface area contributed by atoms with Gasteiger partial charge in [-0.2, -0.15) is 5.26 Å². The molecule has 0 spiro atoms. The fourth-order valence-electron chi connectivity index (χ4n) is 5.57. The fourth-order valence-corrected chi connectivity index (χ4v) is 6.83. The van der Waals surface area contributed by atoms with Crippen LogP contribution in [0, 0.1) is 30.0 Å². The quantitative estimate of drug-likeness (QED) is 0.249. The molecule has 0 radical (unpaired) electrons. The maximum atomic E-state index is 13.6. The molecule has 218 valence electrons. The van der Waals surface area contributed by atoms with E-state index in [0.717, 1.165) is 31.4 Å². The number of thioether (sulfide) groups is 1. The van der Waals surface area contributed by atoms with Crippen molar-refractivity contribution in [2.75, 3.05) is 42.5 Å². The lowest BCUT2D eigenvalue weighted by atomic mass is 9.99. The second kappa shape index (κ2) is 13.7. The van der Waals surface area contributed by atoms with Crippen molar-refractivity contribution in [3.63, 3.8) is 0 Å². The van der Waals surface area contributed by atoms with Crippen molar-refractivity contribution < 1.29 is 9.18 Å². The van der Waals surface area contributed by atoms with E-state index in [1.54, 1.807) is 28.5 Å². The van der Waals surface area contributed by atoms with Crippen molar-refractivity contribution >= 4 is 51.8 Å². The first kappa shape index (κ1) is 30.8. The minimum absolute atomic E-state index is 0.0906. The number of carbonyl (C=O) groups excluding carboxylic acids is 1. The van der Waals surface area contributed by atoms with Crippen LogP contribution in [-0.2, 0) is 11.3 Å². The number of piperazine rings is 1. The molecule has 0 N–H and O–H groups in total. The van der Waals surface area contributed by atoms with E-state index < -0.39 is 0 Å². The highest BCUT2D eigenvalue weighted by Crippen LogP contribution is 2.37. The third-order valence-corrected chi connectivity index (χ3v) is 9.44. The van der Waals surface area contributed by atoms with Gasteiger partial charge in [0.05, 0.1) is 4.91 Å². The van der Waals surface area contributed by atoms with Gasteiger partial charge in [0.15, 0.2) is 0 Å². The van der Waals surface area contributed by atoms with E-state index >= 15 is 0 Å². The second-order valence-corrected chi connectivity index (χ2v) is 12.2. The van der Waals surface area contributed by atoms with Crippen molar-refractivity contribution in [2.24, 2.45) is 5.92 Å². The minimum Gasteiger partial charge on any atom is -0.368 e. The molecule has 2 saturated heterocycles. The Kier molecular flexibility index (Phi) is 10.3. The highest BCUT2D eigenvalue weighted by atomic mass is 32.2. The number of halogens is 1. The van der Waals surface area contributed by atoms with Gasteiger partial charge in [-0.1, -0.05) is 57.1 Å². The van der Waals surface area contributed by atoms with Gasteiger partial charge in [-0.3, -0.25) is 19.1 Å². The molecule has 7 nitrogen and oxygen atoms in total. The number of thiocarbonyl (C=S) groups is 1. The van der Waals surface area contributed by atoms with E-state index in [1.165, 1.54) is 23.9 Å². The SMILES string of the molecule is CCCCC(CC)CN1C(=O)/C(=C\c2c(C)c(C#N)c(=O)n(CC)c2N2CCN(c3ccc(F)cc3)CC2)SC1=S. The Balaban J connectivity index is 1.69. The molecule has 2 aliphatic rings. The highest BCUT2D eigenvalue weighted by Gasteiger charge is 2.34. The van der Waals surface area contributed by atoms with Gasteiger partial charge in [-0.25, -0.2) is 4.39 Å². The summed E-state index contributed by atoms with van der Waals surface area (Å²) in [7, 11) is 0. The fraction of sp³-hybridized carbons (Fsp3) is 0.484. The molecule has 0 bridgehead atoms. The summed E-state index contributed by atoms with van der Waals surface area (Å²) in [5.74, 6) is 0.717. The first-order valence-electron chi connectivity index (χ1n) is 14.4. The summed E-state index contributed by atoms with van der Waals surface area (Å²) in [5, 5.41) is 9.89. The summed E-state index contributed by atoms with van der Waals surface area (Å²) in [5.41, 5.74) is 1.99. The van der Waals surface area contributed by atoms with E-state index in [0.29, 0.717) is 71.4 Å². The van der Waals surface area contributed by atoms with E-state index in [2.05, 4.69) is 29.7 Å². The standard InChI is InChI=1S/C31H38FN5O2S2/c1-5-8-9-22(6-2)20-37-30(39)27(41-31(37)40)18-25-21(4)26(19-33)29(38)36(7-3)28(25)35-16-14-34(15-17-35)24-12-10-23(32)11-13-24/h10-13,18,22H,5-9,14-17,20H2,1-4H3/b27-18+. The van der Waals surface area contributed by atoms with Crippen LogP contribution in [0.5, 0.6) is 0 Å². The number of carbonyl (C=O) groups is 1. The molecule has 2 aromatic rings. The van der Waals surface area contributed by atoms with Gasteiger partial charge >= 0.3 is 0 Å². The predicted molar refractivity (Wildman–Crippen MR) is 170 cm³/mol. The van der Waals surface area contributed by atoms with Crippen LogP contribution < -0.4 is 15.4 Å². The van der Waals surface area contributed by atoms with Crippen molar-refractivity contribution in [1.29, 1.82) is 5.26 Å². The molecule has 0 aliphatic carbocycles. The summed E-state index contributed by atoms with van der Waals surface area (Å²) in [6.07, 6.45) is 6.11. The number of nitrogens with zero attached hydrogens (tertiary/aromatic N) is 5. The van der Waals surface area contributed by atoms with E-state index in [1.807, 2.05) is 13.0 Å². The van der Waals surface area contributed by atoms with Gasteiger partial charge in [-0.05, 0) is 62.1 Å². The number of pyridine rings is 1. The predicted octanol–water partition coefficient (Wildman–Crippen LogP) is 5.93. The number of benzene rings is 1. The monoisotopic (exact) mass is 595 g/mol. The average molecular weight is 596 g/mol. The Bertz CT molecular complexity index is 1420. The van der Waals surface area contributed by atoms with E-state index in [9.17, 15) is 19.2 Å². The van der Waals surface area contributed by atoms with Crippen LogP contribution in [0.2, 0.25) is 0 Å². The molecule has 2 fully saturated rings. The summed E-state index contributed by atoms with van der Waals surface area (Å²) in [4.78, 5) is 33.6. The van der Waals surface area contributed by atoms with Gasteiger partial charge < -0.3 is 9.80 Å². The van der Waals surface area contributed by atoms with Gasteiger partial charge in [0.25, 0.3) is 11.5 Å². The summed E-state index contributed by atoms with van der Waals surface area (Å²) in [6.45, 7) is 11.6. The molecule has 0 saturated carbocycles. The second-order valence-electron chi connectivity index (χ2n) is 10.6. The van der Waals surface area contributed by atoms with Crippen molar-refractivity contribution in [1.82, 2.24) is 9.47 Å². The minimum atomic E-state index is -0.324. The molecule has 4 rings (SSSR count). The van der Waals surface area contributed by atoms with Gasteiger partial charge in [0, 0.05) is 50.5 Å². The number of nitriles is 1. The number of rotatable bonds is 10. The molecule has 10 heteroatoms. The lowest BCUT2D eigenvalue weighted by molar-refractivity contribution is -0.122. The third-order valence-electron chi connectivity index (χ3n) is 8.07. The molecule has 1 amide bonds. The third kappa shape index (κ3) is 6.52. The Labute approximate surface area is 251 Å². The van der Waals surface area contributed by atoms with Crippen LogP contribution >= 0.6 is 24.0 Å². The topological polar surface area (TPSA) is 72.6 Å². The first-order chi connectivity index (χ1) is 19.7. The molecular formula is C31H38FN5O2S2. The number of hydrogen-bond donors (Lipinski definition) is 0. The van der Waals surface area contributed by atoms with E-state index in [-0.39, 0.29) is 22.8 Å². The van der Waals surface area contributed by atoms with Crippen LogP contribution in [0.25, 0.3) is 6.08 Å². The molecule has 1 aromatic heterocycles. The smallest absolute Gasteiger partial charge is 0.270 e. The molecule has 1 atom stereocenters. The van der Waals surface area contributed by atoms with Crippen molar-refractivity contribution in [2.45, 2.75) is 59.9 Å². The van der Waals surface area contributed by atoms with Gasteiger partial charge in [0.1, 0.15) is 27.6 Å². The lowest BCUT2D eigenvalue weighted by Gasteiger charge is -2.39. The molecule has 2 aliphatic heterocycles. The number of unbranched alkanes of at least 4 members (excludes halogenated alkanes) is 1. The highest BCUT2D eigenvalue weighted by molar-refractivity contribution is 8.26. The van der Waals surface area contributed by atoms with Crippen LogP contribution in [0.1, 0.15) is 63.1 Å². The lowest BCUT2D eigenvalue weighted by Crippen LogP contribution is -2.48. The molecule has 3 heterocycles. The summed E-state index contributed by atoms with van der Waals surface area (Å²) >= 11 is 6.93. The van der Waals surface area contributed by atoms with Crippen LogP contribution in [0.4, 0.5) is 15.9 Å². The summed E-state index contributed by atoms with van der Waals surface area (Å²) < 4.78 is 15.6. The largest absolute Gasteiger partial charge is 0.368 e. The molecule has 41 heavy (non-hydrogen) atoms. The maximum Gasteiger partial charge on any atom is 0.270 e. The Morgan fingerprint density at radius 3 is 2.34 bits per heavy atom. The zero-order valence-corrected chi connectivity index (χ0v) is 25.9. The number of aromatic nitrogens is 1. The molecule has 1 unspecified atom stereocenters. The number of amides is 1. The van der Waals surface area contributed by atoms with E-state index in [4.69, 9.17) is 12.2 Å². The van der Waals surface area contributed by atoms with Crippen LogP contribution in [0.15, 0.2) is 34.0 Å². The maximum absolute atomic E-state index is 13.6. The first-order valence-corrected chi connectivity index (χ1v) is 15.6. The number of hydrogen-bond acceptors (Lipinski definition) is 7. The van der Waals surface area contributed by atoms with Crippen LogP contribution in [-0.4, -0.2) is 52.4 Å². The average Bonchev–Trinajstić information content (AvgIpc) is 3.24. The molecule has 1 aromatic carbocycles.